The molecule has 0 aromatic heterocycles. The fourth-order valence-corrected chi connectivity index (χ4v) is 3.02. The van der Waals surface area contributed by atoms with E-state index in [4.69, 9.17) is 0 Å². The lowest BCUT2D eigenvalue weighted by molar-refractivity contribution is -0.126. The van der Waals surface area contributed by atoms with Crippen molar-refractivity contribution in [2.75, 3.05) is 13.1 Å². The lowest BCUT2D eigenvalue weighted by Gasteiger charge is -2.22. The Hall–Kier alpha value is -0.570. The topological polar surface area (TPSA) is 41.1 Å². The van der Waals surface area contributed by atoms with Crippen molar-refractivity contribution in [1.82, 2.24) is 10.6 Å². The minimum Gasteiger partial charge on any atom is -0.353 e. The van der Waals surface area contributed by atoms with Gasteiger partial charge in [-0.05, 0) is 37.1 Å². The van der Waals surface area contributed by atoms with Crippen molar-refractivity contribution in [2.24, 2.45) is 23.7 Å². The van der Waals surface area contributed by atoms with Crippen LogP contribution in [0.2, 0.25) is 0 Å². The Morgan fingerprint density at radius 3 is 2.38 bits per heavy atom. The molecule has 1 aliphatic carbocycles. The first-order valence-corrected chi connectivity index (χ1v) is 6.60. The Bertz CT molecular complexity index is 267. The fourth-order valence-electron chi connectivity index (χ4n) is 3.02. The molecule has 1 saturated heterocycles. The van der Waals surface area contributed by atoms with Gasteiger partial charge in [0.25, 0.3) is 0 Å². The van der Waals surface area contributed by atoms with E-state index in [0.717, 1.165) is 25.4 Å². The number of carbonyl (C=O) groups is 1. The van der Waals surface area contributed by atoms with Crippen molar-refractivity contribution in [2.45, 2.75) is 39.7 Å². The fraction of sp³-hybridized carbons (Fsp3) is 0.923. The van der Waals surface area contributed by atoms with E-state index >= 15 is 0 Å². The Morgan fingerprint density at radius 2 is 1.88 bits per heavy atom. The summed E-state index contributed by atoms with van der Waals surface area (Å²) in [6.45, 7) is 8.54. The Morgan fingerprint density at radius 1 is 1.12 bits per heavy atom. The smallest absolute Gasteiger partial charge is 0.224 e. The molecule has 2 aliphatic rings. The minimum atomic E-state index is 0.183. The molecule has 16 heavy (non-hydrogen) atoms. The van der Waals surface area contributed by atoms with E-state index < -0.39 is 0 Å². The maximum atomic E-state index is 12.1. The predicted octanol–water partition coefficient (Wildman–Crippen LogP) is 1.39. The summed E-state index contributed by atoms with van der Waals surface area (Å²) in [6, 6.07) is 0.412. The van der Waals surface area contributed by atoms with Crippen molar-refractivity contribution in [3.05, 3.63) is 0 Å². The summed E-state index contributed by atoms with van der Waals surface area (Å²) >= 11 is 0. The second-order valence-corrected chi connectivity index (χ2v) is 5.77. The molecule has 2 rings (SSSR count). The van der Waals surface area contributed by atoms with E-state index in [2.05, 4.69) is 31.4 Å². The van der Waals surface area contributed by atoms with Gasteiger partial charge in [-0.15, -0.1) is 0 Å². The zero-order valence-corrected chi connectivity index (χ0v) is 10.6. The Kier molecular flexibility index (Phi) is 3.53. The normalized spacial score (nSPS) is 43.6. The molecule has 1 heterocycles. The van der Waals surface area contributed by atoms with Gasteiger partial charge in [-0.3, -0.25) is 4.79 Å². The molecular formula is C13H24N2O. The molecule has 0 bridgehead atoms. The zero-order chi connectivity index (χ0) is 11.7. The lowest BCUT2D eigenvalue weighted by Crippen LogP contribution is -2.42. The SMILES string of the molecule is CC1CNCC1C(=O)NC1CCC(C)C1C. The number of carbonyl (C=O) groups excluding carboxylic acids is 1. The largest absolute Gasteiger partial charge is 0.353 e. The van der Waals surface area contributed by atoms with Crippen molar-refractivity contribution >= 4 is 5.91 Å². The van der Waals surface area contributed by atoms with E-state index in [-0.39, 0.29) is 11.8 Å². The molecule has 1 saturated carbocycles. The van der Waals surface area contributed by atoms with Crippen LogP contribution >= 0.6 is 0 Å². The standard InChI is InChI=1S/C13H24N2O/c1-8-4-5-12(10(8)3)15-13(16)11-7-14-6-9(11)2/h8-12,14H,4-7H2,1-3H3,(H,15,16). The van der Waals surface area contributed by atoms with E-state index in [1.54, 1.807) is 0 Å². The highest BCUT2D eigenvalue weighted by Crippen LogP contribution is 2.31. The Labute approximate surface area is 98.4 Å². The van der Waals surface area contributed by atoms with Crippen LogP contribution in [0, 0.1) is 23.7 Å². The maximum absolute atomic E-state index is 12.1. The molecule has 92 valence electrons. The van der Waals surface area contributed by atoms with Crippen LogP contribution in [-0.4, -0.2) is 25.0 Å². The van der Waals surface area contributed by atoms with Crippen molar-refractivity contribution in [3.8, 4) is 0 Å². The molecule has 0 aromatic rings. The third-order valence-corrected chi connectivity index (χ3v) is 4.65. The van der Waals surface area contributed by atoms with Crippen LogP contribution < -0.4 is 10.6 Å². The number of amides is 1. The molecule has 0 radical (unpaired) electrons. The highest BCUT2D eigenvalue weighted by molar-refractivity contribution is 5.79. The van der Waals surface area contributed by atoms with E-state index in [1.165, 1.54) is 6.42 Å². The highest BCUT2D eigenvalue weighted by Gasteiger charge is 2.35. The highest BCUT2D eigenvalue weighted by atomic mass is 16.2. The number of nitrogens with one attached hydrogen (secondary N) is 2. The van der Waals surface area contributed by atoms with E-state index in [0.29, 0.717) is 17.9 Å². The van der Waals surface area contributed by atoms with Gasteiger partial charge in [0, 0.05) is 12.6 Å². The number of hydrogen-bond donors (Lipinski definition) is 2. The van der Waals surface area contributed by atoms with Crippen molar-refractivity contribution in [3.63, 3.8) is 0 Å². The third kappa shape index (κ3) is 2.24. The Balaban J connectivity index is 1.87. The van der Waals surface area contributed by atoms with Crippen molar-refractivity contribution < 1.29 is 4.79 Å². The molecular weight excluding hydrogens is 200 g/mol. The molecule has 5 unspecified atom stereocenters. The minimum absolute atomic E-state index is 0.183. The summed E-state index contributed by atoms with van der Waals surface area (Å²) in [4.78, 5) is 12.1. The molecule has 1 amide bonds. The molecule has 2 fully saturated rings. The van der Waals surface area contributed by atoms with Crippen LogP contribution in [0.15, 0.2) is 0 Å². The van der Waals surface area contributed by atoms with Crippen LogP contribution in [0.25, 0.3) is 0 Å². The van der Waals surface area contributed by atoms with Crippen LogP contribution in [0.3, 0.4) is 0 Å². The summed E-state index contributed by atoms with van der Waals surface area (Å²) in [5.74, 6) is 2.32. The van der Waals surface area contributed by atoms with E-state index in [1.807, 2.05) is 0 Å². The van der Waals surface area contributed by atoms with Gasteiger partial charge >= 0.3 is 0 Å². The molecule has 5 atom stereocenters. The predicted molar refractivity (Wildman–Crippen MR) is 65.0 cm³/mol. The summed E-state index contributed by atoms with van der Waals surface area (Å²) in [6.07, 6.45) is 2.41. The van der Waals surface area contributed by atoms with Gasteiger partial charge in [-0.2, -0.15) is 0 Å². The summed E-state index contributed by atoms with van der Waals surface area (Å²) in [5.41, 5.74) is 0. The summed E-state index contributed by atoms with van der Waals surface area (Å²) in [7, 11) is 0. The van der Waals surface area contributed by atoms with Crippen LogP contribution in [0.5, 0.6) is 0 Å². The molecule has 3 nitrogen and oxygen atoms in total. The van der Waals surface area contributed by atoms with Crippen molar-refractivity contribution in [1.29, 1.82) is 0 Å². The van der Waals surface area contributed by atoms with Crippen LogP contribution in [-0.2, 0) is 4.79 Å². The third-order valence-electron chi connectivity index (χ3n) is 4.65. The average molecular weight is 224 g/mol. The maximum Gasteiger partial charge on any atom is 0.224 e. The van der Waals surface area contributed by atoms with Gasteiger partial charge in [0.15, 0.2) is 0 Å². The zero-order valence-electron chi connectivity index (χ0n) is 10.6. The summed E-state index contributed by atoms with van der Waals surface area (Å²) < 4.78 is 0. The van der Waals surface area contributed by atoms with Gasteiger partial charge in [0.2, 0.25) is 5.91 Å². The summed E-state index contributed by atoms with van der Waals surface area (Å²) in [5, 5.41) is 6.54. The van der Waals surface area contributed by atoms with Gasteiger partial charge in [0.05, 0.1) is 5.92 Å². The van der Waals surface area contributed by atoms with Crippen LogP contribution in [0.1, 0.15) is 33.6 Å². The second kappa shape index (κ2) is 4.74. The quantitative estimate of drug-likeness (QED) is 0.744. The monoisotopic (exact) mass is 224 g/mol. The first-order valence-electron chi connectivity index (χ1n) is 6.60. The first-order chi connectivity index (χ1) is 7.59. The lowest BCUT2D eigenvalue weighted by atomic mass is 9.94. The van der Waals surface area contributed by atoms with Gasteiger partial charge < -0.3 is 10.6 Å². The van der Waals surface area contributed by atoms with E-state index in [9.17, 15) is 4.79 Å². The number of rotatable bonds is 2. The van der Waals surface area contributed by atoms with Crippen LogP contribution in [0.4, 0.5) is 0 Å². The van der Waals surface area contributed by atoms with Gasteiger partial charge in [-0.1, -0.05) is 20.8 Å². The second-order valence-electron chi connectivity index (χ2n) is 5.77. The van der Waals surface area contributed by atoms with Gasteiger partial charge in [0.1, 0.15) is 0 Å². The molecule has 0 spiro atoms. The van der Waals surface area contributed by atoms with Gasteiger partial charge in [-0.25, -0.2) is 0 Å². The molecule has 0 aromatic carbocycles. The number of hydrogen-bond acceptors (Lipinski definition) is 2. The molecule has 2 N–H and O–H groups in total. The molecule has 3 heteroatoms. The molecule has 1 aliphatic heterocycles. The first kappa shape index (κ1) is 11.9. The average Bonchev–Trinajstić information content (AvgIpc) is 2.79.